The van der Waals surface area contributed by atoms with E-state index in [1.54, 1.807) is 11.3 Å². The van der Waals surface area contributed by atoms with Gasteiger partial charge in [0.15, 0.2) is 5.16 Å². The van der Waals surface area contributed by atoms with Crippen molar-refractivity contribution in [1.82, 2.24) is 9.97 Å². The molecule has 0 saturated heterocycles. The summed E-state index contributed by atoms with van der Waals surface area (Å²) in [4.78, 5) is 20.2. The molecule has 0 amide bonds. The molecule has 0 unspecified atom stereocenters. The van der Waals surface area contributed by atoms with Crippen LogP contribution < -0.4 is 5.56 Å². The van der Waals surface area contributed by atoms with Gasteiger partial charge in [-0.2, -0.15) is 0 Å². The predicted octanol–water partition coefficient (Wildman–Crippen LogP) is 2.74. The van der Waals surface area contributed by atoms with E-state index >= 15 is 0 Å². The molecule has 2 aromatic heterocycles. The Bertz CT molecular complexity index is 602. The van der Waals surface area contributed by atoms with Crippen LogP contribution in [-0.4, -0.2) is 22.0 Å². The van der Waals surface area contributed by atoms with Crippen LogP contribution in [0.3, 0.4) is 0 Å². The molecule has 3 heterocycles. The number of aromatic amines is 1. The third-order valence-corrected chi connectivity index (χ3v) is 5.71. The molecule has 3 nitrogen and oxygen atoms in total. The zero-order valence-electron chi connectivity index (χ0n) is 8.70. The van der Waals surface area contributed by atoms with E-state index in [1.807, 2.05) is 18.0 Å². The third kappa shape index (κ3) is 1.59. The lowest BCUT2D eigenvalue weighted by Gasteiger charge is -2.08. The normalized spacial score (nSPS) is 15.3. The Hall–Kier alpha value is -0.460. The number of nitrogens with zero attached hydrogens (tertiary/aromatic N) is 1. The van der Waals surface area contributed by atoms with Gasteiger partial charge in [0, 0.05) is 0 Å². The van der Waals surface area contributed by atoms with Gasteiger partial charge in [-0.15, -0.1) is 23.1 Å². The van der Waals surface area contributed by atoms with E-state index in [0.29, 0.717) is 5.16 Å². The first-order valence-electron chi connectivity index (χ1n) is 5.02. The fourth-order valence-corrected chi connectivity index (χ4v) is 4.85. The molecule has 2 aromatic rings. The molecule has 0 atom stereocenters. The van der Waals surface area contributed by atoms with Crippen molar-refractivity contribution in [3.8, 4) is 0 Å². The van der Waals surface area contributed by atoms with Crippen molar-refractivity contribution >= 4 is 45.1 Å². The van der Waals surface area contributed by atoms with Crippen LogP contribution in [0.4, 0.5) is 0 Å². The number of nitrogens with one attached hydrogen (secondary N) is 1. The largest absolute Gasteiger partial charge is 0.301 e. The van der Waals surface area contributed by atoms with Gasteiger partial charge in [-0.25, -0.2) is 4.98 Å². The lowest BCUT2D eigenvalue weighted by molar-refractivity contribution is 0.906. The minimum absolute atomic E-state index is 0.0225. The number of rotatable bonds is 1. The quantitative estimate of drug-likeness (QED) is 0.639. The van der Waals surface area contributed by atoms with Gasteiger partial charge in [-0.1, -0.05) is 11.8 Å². The van der Waals surface area contributed by atoms with E-state index in [9.17, 15) is 4.79 Å². The van der Waals surface area contributed by atoms with E-state index in [1.165, 1.54) is 21.5 Å². The summed E-state index contributed by atoms with van der Waals surface area (Å²) in [6.07, 6.45) is 4.10. The fourth-order valence-electron chi connectivity index (χ4n) is 1.88. The van der Waals surface area contributed by atoms with Crippen LogP contribution in [-0.2, 0) is 6.42 Å². The molecule has 0 radical (unpaired) electrons. The summed E-state index contributed by atoms with van der Waals surface area (Å²) in [7, 11) is 0. The second kappa shape index (κ2) is 4.09. The maximum Gasteiger partial charge on any atom is 0.260 e. The summed E-state index contributed by atoms with van der Waals surface area (Å²) in [6.45, 7) is 0. The highest BCUT2D eigenvalue weighted by atomic mass is 32.2. The van der Waals surface area contributed by atoms with E-state index in [-0.39, 0.29) is 5.56 Å². The number of hydrogen-bond donors (Lipinski definition) is 1. The molecule has 16 heavy (non-hydrogen) atoms. The lowest BCUT2D eigenvalue weighted by Crippen LogP contribution is -2.10. The average Bonchev–Trinajstić information content (AvgIpc) is 2.67. The van der Waals surface area contributed by atoms with Crippen LogP contribution in [0.2, 0.25) is 0 Å². The number of H-pyrrole nitrogens is 1. The molecule has 3 rings (SSSR count). The molecule has 1 N–H and O–H groups in total. The SMILES string of the molecule is CSc1nc2sc3c(c2c(=O)[nH]1)CCCS3. The van der Waals surface area contributed by atoms with Crippen molar-refractivity contribution in [3.63, 3.8) is 0 Å². The lowest BCUT2D eigenvalue weighted by atomic mass is 10.1. The van der Waals surface area contributed by atoms with Crippen LogP contribution in [0.1, 0.15) is 12.0 Å². The van der Waals surface area contributed by atoms with Gasteiger partial charge in [0.2, 0.25) is 0 Å². The van der Waals surface area contributed by atoms with E-state index in [4.69, 9.17) is 0 Å². The molecule has 0 fully saturated rings. The number of aryl methyl sites for hydroxylation is 1. The molecule has 1 aliphatic heterocycles. The molecule has 84 valence electrons. The Morgan fingerprint density at radius 2 is 2.38 bits per heavy atom. The first-order chi connectivity index (χ1) is 7.79. The highest BCUT2D eigenvalue weighted by molar-refractivity contribution is 8.01. The van der Waals surface area contributed by atoms with Gasteiger partial charge in [-0.05, 0) is 30.4 Å². The standard InChI is InChI=1S/C10H10N2OS3/c1-14-10-11-7(13)6-5-3-2-4-15-9(5)16-8(6)12-10/h2-4H2,1H3,(H,11,12,13). The minimum atomic E-state index is 0.0225. The zero-order chi connectivity index (χ0) is 11.1. The van der Waals surface area contributed by atoms with Crippen molar-refractivity contribution < 1.29 is 0 Å². The van der Waals surface area contributed by atoms with Gasteiger partial charge >= 0.3 is 0 Å². The summed E-state index contributed by atoms with van der Waals surface area (Å²) < 4.78 is 1.29. The van der Waals surface area contributed by atoms with Gasteiger partial charge in [-0.3, -0.25) is 4.79 Å². The molecule has 0 bridgehead atoms. The Labute approximate surface area is 105 Å². The van der Waals surface area contributed by atoms with E-state index < -0.39 is 0 Å². The van der Waals surface area contributed by atoms with Crippen molar-refractivity contribution in [2.24, 2.45) is 0 Å². The molecule has 1 aliphatic rings. The summed E-state index contributed by atoms with van der Waals surface area (Å²) in [5.41, 5.74) is 1.24. The number of thioether (sulfide) groups is 2. The number of hydrogen-bond acceptors (Lipinski definition) is 5. The Morgan fingerprint density at radius 1 is 1.50 bits per heavy atom. The fraction of sp³-hybridized carbons (Fsp3) is 0.400. The molecular weight excluding hydrogens is 260 g/mol. The van der Waals surface area contributed by atoms with E-state index in [0.717, 1.165) is 28.8 Å². The van der Waals surface area contributed by atoms with Crippen LogP contribution >= 0.6 is 34.9 Å². The molecule has 0 saturated carbocycles. The van der Waals surface area contributed by atoms with Crippen molar-refractivity contribution in [3.05, 3.63) is 15.9 Å². The molecule has 0 aromatic carbocycles. The minimum Gasteiger partial charge on any atom is -0.301 e. The van der Waals surface area contributed by atoms with Crippen LogP contribution in [0.25, 0.3) is 10.2 Å². The second-order valence-corrected chi connectivity index (χ2v) is 6.73. The maximum absolute atomic E-state index is 12.0. The van der Waals surface area contributed by atoms with Crippen molar-refractivity contribution in [2.45, 2.75) is 22.2 Å². The highest BCUT2D eigenvalue weighted by Crippen LogP contribution is 2.40. The molecule has 0 aliphatic carbocycles. The monoisotopic (exact) mass is 270 g/mol. The Morgan fingerprint density at radius 3 is 3.19 bits per heavy atom. The Balaban J connectivity index is 2.34. The molecular formula is C10H10N2OS3. The van der Waals surface area contributed by atoms with E-state index in [2.05, 4.69) is 9.97 Å². The zero-order valence-corrected chi connectivity index (χ0v) is 11.2. The van der Waals surface area contributed by atoms with Crippen LogP contribution in [0.15, 0.2) is 14.2 Å². The number of fused-ring (bicyclic) bond motifs is 3. The van der Waals surface area contributed by atoms with Gasteiger partial charge in [0.05, 0.1) is 9.60 Å². The number of aromatic nitrogens is 2. The summed E-state index contributed by atoms with van der Waals surface area (Å²) in [5.74, 6) is 1.16. The third-order valence-electron chi connectivity index (χ3n) is 2.60. The maximum atomic E-state index is 12.0. The first kappa shape index (κ1) is 10.7. The van der Waals surface area contributed by atoms with Gasteiger partial charge in [0.1, 0.15) is 4.83 Å². The van der Waals surface area contributed by atoms with Gasteiger partial charge < -0.3 is 4.98 Å². The highest BCUT2D eigenvalue weighted by Gasteiger charge is 2.19. The topological polar surface area (TPSA) is 45.8 Å². The van der Waals surface area contributed by atoms with Crippen LogP contribution in [0.5, 0.6) is 0 Å². The molecule has 6 heteroatoms. The average molecular weight is 270 g/mol. The predicted molar refractivity (Wildman–Crippen MR) is 71.1 cm³/mol. The van der Waals surface area contributed by atoms with Crippen molar-refractivity contribution in [2.75, 3.05) is 12.0 Å². The molecule has 0 spiro atoms. The second-order valence-electron chi connectivity index (χ2n) is 3.58. The smallest absolute Gasteiger partial charge is 0.260 e. The van der Waals surface area contributed by atoms with Gasteiger partial charge in [0.25, 0.3) is 5.56 Å². The summed E-state index contributed by atoms with van der Waals surface area (Å²) in [6, 6.07) is 0. The summed E-state index contributed by atoms with van der Waals surface area (Å²) in [5, 5.41) is 1.53. The van der Waals surface area contributed by atoms with Crippen molar-refractivity contribution in [1.29, 1.82) is 0 Å². The van der Waals surface area contributed by atoms with Crippen LogP contribution in [0, 0.1) is 0 Å². The number of thiophene rings is 1. The first-order valence-corrected chi connectivity index (χ1v) is 8.05. The summed E-state index contributed by atoms with van der Waals surface area (Å²) >= 11 is 4.99. The Kier molecular flexibility index (Phi) is 2.73.